The summed E-state index contributed by atoms with van der Waals surface area (Å²) in [6.07, 6.45) is 2.28. The highest BCUT2D eigenvalue weighted by molar-refractivity contribution is 8.00. The van der Waals surface area contributed by atoms with Crippen molar-refractivity contribution < 1.29 is 9.59 Å². The van der Waals surface area contributed by atoms with E-state index >= 15 is 0 Å². The minimum absolute atomic E-state index is 0.114. The van der Waals surface area contributed by atoms with E-state index in [2.05, 4.69) is 12.2 Å². The maximum absolute atomic E-state index is 13.6. The van der Waals surface area contributed by atoms with Crippen LogP contribution in [0.5, 0.6) is 0 Å². The number of benzene rings is 3. The molecule has 1 atom stereocenters. The number of amides is 2. The van der Waals surface area contributed by atoms with Crippen LogP contribution in [0.4, 0.5) is 0 Å². The molecule has 3 rings (SSSR count). The predicted molar refractivity (Wildman–Crippen MR) is 146 cm³/mol. The average molecular weight is 530 g/mol. The molecule has 0 radical (unpaired) electrons. The smallest absolute Gasteiger partial charge is 0.243 e. The first-order valence-electron chi connectivity index (χ1n) is 11.7. The molecule has 0 unspecified atom stereocenters. The first-order valence-corrected chi connectivity index (χ1v) is 13.4. The minimum Gasteiger partial charge on any atom is -0.354 e. The number of carbonyl (C=O) groups is 2. The van der Waals surface area contributed by atoms with Crippen molar-refractivity contribution in [2.24, 2.45) is 0 Å². The van der Waals surface area contributed by atoms with Crippen molar-refractivity contribution in [2.75, 3.05) is 12.3 Å². The van der Waals surface area contributed by atoms with E-state index in [0.29, 0.717) is 23.0 Å². The summed E-state index contributed by atoms with van der Waals surface area (Å²) in [4.78, 5) is 29.7. The Morgan fingerprint density at radius 3 is 2.26 bits per heavy atom. The topological polar surface area (TPSA) is 49.4 Å². The third kappa shape index (κ3) is 8.60. The van der Waals surface area contributed by atoms with Crippen LogP contribution < -0.4 is 5.32 Å². The molecular formula is C28H30Cl2N2O2S. The monoisotopic (exact) mass is 528 g/mol. The van der Waals surface area contributed by atoms with Crippen LogP contribution in [0.15, 0.2) is 83.8 Å². The molecule has 4 nitrogen and oxygen atoms in total. The van der Waals surface area contributed by atoms with E-state index in [1.54, 1.807) is 17.0 Å². The number of hydrogen-bond donors (Lipinski definition) is 1. The van der Waals surface area contributed by atoms with Gasteiger partial charge >= 0.3 is 0 Å². The van der Waals surface area contributed by atoms with Gasteiger partial charge in [-0.25, -0.2) is 0 Å². The lowest BCUT2D eigenvalue weighted by atomic mass is 10.0. The van der Waals surface area contributed by atoms with Gasteiger partial charge in [-0.3, -0.25) is 9.59 Å². The number of hydrogen-bond acceptors (Lipinski definition) is 3. The van der Waals surface area contributed by atoms with E-state index in [4.69, 9.17) is 23.2 Å². The number of rotatable bonds is 12. The lowest BCUT2D eigenvalue weighted by Gasteiger charge is -2.31. The Bertz CT molecular complexity index is 1100. The Labute approximate surface area is 222 Å². The van der Waals surface area contributed by atoms with Gasteiger partial charge in [0.2, 0.25) is 11.8 Å². The molecule has 0 heterocycles. The molecule has 0 aliphatic heterocycles. The van der Waals surface area contributed by atoms with Crippen LogP contribution >= 0.6 is 35.0 Å². The van der Waals surface area contributed by atoms with Crippen molar-refractivity contribution in [1.82, 2.24) is 10.2 Å². The van der Waals surface area contributed by atoms with Gasteiger partial charge in [0.25, 0.3) is 0 Å². The zero-order valence-electron chi connectivity index (χ0n) is 19.8. The summed E-state index contributed by atoms with van der Waals surface area (Å²) < 4.78 is 0. The van der Waals surface area contributed by atoms with Gasteiger partial charge in [0.05, 0.1) is 15.8 Å². The summed E-state index contributed by atoms with van der Waals surface area (Å²) in [5.74, 6) is -0.0456. The summed E-state index contributed by atoms with van der Waals surface area (Å²) in [6.45, 7) is 2.91. The molecule has 0 fully saturated rings. The lowest BCUT2D eigenvalue weighted by molar-refractivity contribution is -0.139. The third-order valence-corrected chi connectivity index (χ3v) is 7.28. The normalized spacial score (nSPS) is 11.6. The molecule has 0 aromatic heterocycles. The predicted octanol–water partition coefficient (Wildman–Crippen LogP) is 6.64. The fraction of sp³-hybridized carbons (Fsp3) is 0.286. The van der Waals surface area contributed by atoms with Gasteiger partial charge in [0.15, 0.2) is 0 Å². The fourth-order valence-electron chi connectivity index (χ4n) is 3.64. The number of thioether (sulfide) groups is 1. The molecule has 3 aromatic rings. The van der Waals surface area contributed by atoms with Gasteiger partial charge in [-0.1, -0.05) is 91.1 Å². The number of carbonyl (C=O) groups excluding carboxylic acids is 2. The SMILES string of the molecule is CCCCNC(=O)[C@@H](Cc1ccccc1)N(Cc1ccc(Cl)c(Cl)c1)C(=O)CSc1ccccc1. The minimum atomic E-state index is -0.660. The Balaban J connectivity index is 1.90. The molecule has 1 N–H and O–H groups in total. The number of halogens is 2. The summed E-state index contributed by atoms with van der Waals surface area (Å²) in [5.41, 5.74) is 1.81. The number of nitrogens with zero attached hydrogens (tertiary/aromatic N) is 1. The summed E-state index contributed by atoms with van der Waals surface area (Å²) in [7, 11) is 0. The Hall–Kier alpha value is -2.47. The second-order valence-corrected chi connectivity index (χ2v) is 10.1. The molecule has 184 valence electrons. The third-order valence-electron chi connectivity index (χ3n) is 5.54. The van der Waals surface area contributed by atoms with Crippen LogP contribution in [0, 0.1) is 0 Å². The molecule has 35 heavy (non-hydrogen) atoms. The maximum Gasteiger partial charge on any atom is 0.243 e. The molecule has 0 saturated carbocycles. The highest BCUT2D eigenvalue weighted by Crippen LogP contribution is 2.25. The standard InChI is InChI=1S/C28H30Cl2N2O2S/c1-2-3-16-31-28(34)26(18-21-10-6-4-7-11-21)32(19-22-14-15-24(29)25(30)17-22)27(33)20-35-23-12-8-5-9-13-23/h4-15,17,26H,2-3,16,18-20H2,1H3,(H,31,34)/t26-/m1/s1. The van der Waals surface area contributed by atoms with Crippen LogP contribution in [0.1, 0.15) is 30.9 Å². The van der Waals surface area contributed by atoms with E-state index < -0.39 is 6.04 Å². The van der Waals surface area contributed by atoms with E-state index in [1.165, 1.54) is 11.8 Å². The van der Waals surface area contributed by atoms with Crippen LogP contribution in [-0.2, 0) is 22.6 Å². The average Bonchev–Trinajstić information content (AvgIpc) is 2.88. The quantitative estimate of drug-likeness (QED) is 0.211. The summed E-state index contributed by atoms with van der Waals surface area (Å²) >= 11 is 13.8. The Kier molecular flexibility index (Phi) is 11.0. The Morgan fingerprint density at radius 2 is 1.60 bits per heavy atom. The van der Waals surface area contributed by atoms with Gasteiger partial charge in [-0.15, -0.1) is 11.8 Å². The number of unbranched alkanes of at least 4 members (excludes halogenated alkanes) is 1. The van der Waals surface area contributed by atoms with Gasteiger partial charge in [0.1, 0.15) is 6.04 Å². The first-order chi connectivity index (χ1) is 17.0. The van der Waals surface area contributed by atoms with Crippen molar-refractivity contribution in [3.8, 4) is 0 Å². The molecule has 0 saturated heterocycles. The van der Waals surface area contributed by atoms with Crippen molar-refractivity contribution in [2.45, 2.75) is 43.7 Å². The molecule has 2 amide bonds. The number of nitrogens with one attached hydrogen (secondary N) is 1. The van der Waals surface area contributed by atoms with E-state index in [1.807, 2.05) is 66.7 Å². The van der Waals surface area contributed by atoms with Gasteiger partial charge in [-0.05, 0) is 41.8 Å². The zero-order chi connectivity index (χ0) is 25.0. The fourth-order valence-corrected chi connectivity index (χ4v) is 4.77. The van der Waals surface area contributed by atoms with Crippen LogP contribution in [0.25, 0.3) is 0 Å². The van der Waals surface area contributed by atoms with Crippen LogP contribution in [0.2, 0.25) is 10.0 Å². The molecule has 0 aliphatic carbocycles. The summed E-state index contributed by atoms with van der Waals surface area (Å²) in [6, 6.07) is 24.2. The maximum atomic E-state index is 13.6. The molecular weight excluding hydrogens is 499 g/mol. The lowest BCUT2D eigenvalue weighted by Crippen LogP contribution is -2.51. The van der Waals surface area contributed by atoms with Crippen LogP contribution in [-0.4, -0.2) is 35.1 Å². The molecule has 3 aromatic carbocycles. The van der Waals surface area contributed by atoms with E-state index in [0.717, 1.165) is 28.9 Å². The van der Waals surface area contributed by atoms with Crippen LogP contribution in [0.3, 0.4) is 0 Å². The van der Waals surface area contributed by atoms with Crippen molar-refractivity contribution in [3.63, 3.8) is 0 Å². The molecule has 0 spiro atoms. The van der Waals surface area contributed by atoms with Gasteiger partial charge < -0.3 is 10.2 Å². The molecule has 0 aliphatic rings. The zero-order valence-corrected chi connectivity index (χ0v) is 22.1. The van der Waals surface area contributed by atoms with Gasteiger partial charge in [0, 0.05) is 24.4 Å². The Morgan fingerprint density at radius 1 is 0.914 bits per heavy atom. The van der Waals surface area contributed by atoms with Crippen molar-refractivity contribution in [3.05, 3.63) is 100 Å². The van der Waals surface area contributed by atoms with E-state index in [9.17, 15) is 9.59 Å². The largest absolute Gasteiger partial charge is 0.354 e. The van der Waals surface area contributed by atoms with Crippen molar-refractivity contribution in [1.29, 1.82) is 0 Å². The highest BCUT2D eigenvalue weighted by atomic mass is 35.5. The summed E-state index contributed by atoms with van der Waals surface area (Å²) in [5, 5.41) is 3.90. The van der Waals surface area contributed by atoms with E-state index in [-0.39, 0.29) is 24.1 Å². The molecule has 0 bridgehead atoms. The second-order valence-electron chi connectivity index (χ2n) is 8.22. The molecule has 7 heteroatoms. The second kappa shape index (κ2) is 14.2. The van der Waals surface area contributed by atoms with Crippen molar-refractivity contribution >= 4 is 46.8 Å². The first kappa shape index (κ1) is 27.1. The van der Waals surface area contributed by atoms with Gasteiger partial charge in [-0.2, -0.15) is 0 Å². The highest BCUT2D eigenvalue weighted by Gasteiger charge is 2.30.